The van der Waals surface area contributed by atoms with Crippen LogP contribution in [-0.2, 0) is 9.16 Å². The molecular weight excluding hydrogens is 637 g/mol. The van der Waals surface area contributed by atoms with E-state index in [1.54, 1.807) is 25.3 Å². The van der Waals surface area contributed by atoms with Crippen LogP contribution < -0.4 is 14.4 Å². The Balaban J connectivity index is 1.38. The van der Waals surface area contributed by atoms with E-state index in [1.165, 1.54) is 0 Å². The molecule has 0 spiro atoms. The van der Waals surface area contributed by atoms with E-state index in [-0.39, 0.29) is 17.2 Å². The van der Waals surface area contributed by atoms with Gasteiger partial charge in [-0.05, 0) is 69.9 Å². The molecule has 49 heavy (non-hydrogen) atoms. The summed E-state index contributed by atoms with van der Waals surface area (Å²) < 4.78 is 25.4. The standard InChI is InChI=1S/C37H52N6O5Si/c1-36(2,3)48-35(44)41-15-13-27(14-16-41)43-25-26(23-39-43)34-24-38-32-12-11-28(21-33(32)40-34)42(17-18-47-49(9,10)37(4,5)6)29-19-30(45-7)22-31(20-29)46-8/h11-12,19-25,27H,13-18H2,1-10H3. The van der Waals surface area contributed by atoms with Gasteiger partial charge in [-0.25, -0.2) is 9.78 Å². The van der Waals surface area contributed by atoms with Crippen LogP contribution in [0.25, 0.3) is 22.3 Å². The van der Waals surface area contributed by atoms with Crippen molar-refractivity contribution in [2.24, 2.45) is 0 Å². The van der Waals surface area contributed by atoms with Crippen molar-refractivity contribution in [3.05, 3.63) is 55.0 Å². The molecule has 1 fully saturated rings. The quantitative estimate of drug-likeness (QED) is 0.152. The van der Waals surface area contributed by atoms with E-state index in [2.05, 4.69) is 56.0 Å². The molecule has 2 aromatic carbocycles. The molecule has 1 amide bonds. The minimum atomic E-state index is -1.96. The number of fused-ring (bicyclic) bond motifs is 1. The van der Waals surface area contributed by atoms with E-state index in [0.29, 0.717) is 37.7 Å². The molecule has 5 rings (SSSR count). The van der Waals surface area contributed by atoms with Gasteiger partial charge in [0.1, 0.15) is 17.1 Å². The Bertz CT molecular complexity index is 1730. The Morgan fingerprint density at radius 2 is 1.59 bits per heavy atom. The topological polar surface area (TPSA) is 104 Å². The van der Waals surface area contributed by atoms with E-state index in [1.807, 2.05) is 62.1 Å². The van der Waals surface area contributed by atoms with E-state index < -0.39 is 13.9 Å². The van der Waals surface area contributed by atoms with Gasteiger partial charge < -0.3 is 28.4 Å². The first-order valence-corrected chi connectivity index (χ1v) is 19.9. The number of amides is 1. The number of ether oxygens (including phenoxy) is 3. The van der Waals surface area contributed by atoms with Crippen molar-refractivity contribution in [3.63, 3.8) is 0 Å². The summed E-state index contributed by atoms with van der Waals surface area (Å²) in [5.41, 5.74) is 4.60. The minimum absolute atomic E-state index is 0.108. The van der Waals surface area contributed by atoms with Crippen molar-refractivity contribution >= 4 is 36.8 Å². The second-order valence-electron chi connectivity index (χ2n) is 15.2. The van der Waals surface area contributed by atoms with E-state index in [4.69, 9.17) is 28.6 Å². The van der Waals surface area contributed by atoms with Crippen LogP contribution in [0.1, 0.15) is 60.4 Å². The Labute approximate surface area is 291 Å². The largest absolute Gasteiger partial charge is 0.497 e. The average Bonchev–Trinajstić information content (AvgIpc) is 3.55. The van der Waals surface area contributed by atoms with Gasteiger partial charge >= 0.3 is 6.09 Å². The highest BCUT2D eigenvalue weighted by Gasteiger charge is 2.37. The van der Waals surface area contributed by atoms with Gasteiger partial charge in [-0.15, -0.1) is 0 Å². The normalized spacial score (nSPS) is 14.6. The first kappa shape index (κ1) is 36.1. The monoisotopic (exact) mass is 688 g/mol. The molecule has 0 bridgehead atoms. The molecule has 0 atom stereocenters. The molecule has 4 aromatic rings. The number of carbonyl (C=O) groups excluding carboxylic acids is 1. The molecule has 1 aliphatic rings. The fraction of sp³-hybridized carbons (Fsp3) is 0.514. The number of rotatable bonds is 10. The van der Waals surface area contributed by atoms with Crippen molar-refractivity contribution in [3.8, 4) is 22.8 Å². The second-order valence-corrected chi connectivity index (χ2v) is 20.0. The Hall–Kier alpha value is -4.16. The fourth-order valence-electron chi connectivity index (χ4n) is 5.58. The lowest BCUT2D eigenvalue weighted by atomic mass is 10.1. The molecule has 0 aliphatic carbocycles. The summed E-state index contributed by atoms with van der Waals surface area (Å²) >= 11 is 0. The maximum Gasteiger partial charge on any atom is 0.410 e. The third-order valence-electron chi connectivity index (χ3n) is 9.46. The van der Waals surface area contributed by atoms with E-state index in [9.17, 15) is 4.79 Å². The summed E-state index contributed by atoms with van der Waals surface area (Å²) in [5.74, 6) is 1.42. The van der Waals surface area contributed by atoms with Crippen molar-refractivity contribution in [1.29, 1.82) is 0 Å². The molecular formula is C37H52N6O5Si. The first-order valence-electron chi connectivity index (χ1n) is 17.0. The first-order chi connectivity index (χ1) is 23.1. The summed E-state index contributed by atoms with van der Waals surface area (Å²) in [4.78, 5) is 26.3. The van der Waals surface area contributed by atoms with Crippen LogP contribution >= 0.6 is 0 Å². The lowest BCUT2D eigenvalue weighted by molar-refractivity contribution is 0.0184. The zero-order valence-corrected chi connectivity index (χ0v) is 31.7. The number of likely N-dealkylation sites (tertiary alicyclic amines) is 1. The zero-order chi connectivity index (χ0) is 35.6. The molecule has 0 N–H and O–H groups in total. The molecule has 11 nitrogen and oxygen atoms in total. The lowest BCUT2D eigenvalue weighted by Crippen LogP contribution is -2.42. The molecule has 1 aliphatic heterocycles. The van der Waals surface area contributed by atoms with Gasteiger partial charge in [-0.2, -0.15) is 5.10 Å². The maximum absolute atomic E-state index is 12.5. The number of methoxy groups -OCH3 is 2. The number of nitrogens with zero attached hydrogens (tertiary/aromatic N) is 6. The zero-order valence-electron chi connectivity index (χ0n) is 30.7. The molecule has 3 heterocycles. The van der Waals surface area contributed by atoms with Crippen LogP contribution in [0.5, 0.6) is 11.5 Å². The van der Waals surface area contributed by atoms with Crippen LogP contribution in [0.2, 0.25) is 18.1 Å². The number of aromatic nitrogens is 4. The van der Waals surface area contributed by atoms with Crippen LogP contribution in [-0.4, -0.2) is 85.1 Å². The lowest BCUT2D eigenvalue weighted by Gasteiger charge is -2.37. The molecule has 2 aromatic heterocycles. The Morgan fingerprint density at radius 1 is 0.918 bits per heavy atom. The van der Waals surface area contributed by atoms with Gasteiger partial charge in [0.2, 0.25) is 0 Å². The number of piperidine rings is 1. The maximum atomic E-state index is 12.5. The smallest absolute Gasteiger partial charge is 0.410 e. The molecule has 0 unspecified atom stereocenters. The molecule has 12 heteroatoms. The Morgan fingerprint density at radius 3 is 2.20 bits per heavy atom. The number of hydrogen-bond acceptors (Lipinski definition) is 9. The van der Waals surface area contributed by atoms with E-state index in [0.717, 1.165) is 46.5 Å². The number of carbonyl (C=O) groups is 1. The van der Waals surface area contributed by atoms with Crippen LogP contribution in [0.15, 0.2) is 55.0 Å². The van der Waals surface area contributed by atoms with Gasteiger partial charge in [0.05, 0.1) is 56.0 Å². The van der Waals surface area contributed by atoms with Gasteiger partial charge in [-0.3, -0.25) is 9.67 Å². The van der Waals surface area contributed by atoms with Gasteiger partial charge in [0, 0.05) is 61.0 Å². The predicted octanol–water partition coefficient (Wildman–Crippen LogP) is 8.24. The van der Waals surface area contributed by atoms with Gasteiger partial charge in [-0.1, -0.05) is 20.8 Å². The third kappa shape index (κ3) is 8.71. The number of anilines is 2. The average molecular weight is 689 g/mol. The highest BCUT2D eigenvalue weighted by Crippen LogP contribution is 2.38. The highest BCUT2D eigenvalue weighted by atomic mass is 28.4. The van der Waals surface area contributed by atoms with Crippen molar-refractivity contribution in [2.75, 3.05) is 45.4 Å². The van der Waals surface area contributed by atoms with Gasteiger partial charge in [0.25, 0.3) is 0 Å². The van der Waals surface area contributed by atoms with Gasteiger partial charge in [0.15, 0.2) is 8.32 Å². The SMILES string of the molecule is COc1cc(OC)cc(N(CCO[Si](C)(C)C(C)(C)C)c2ccc3ncc(-c4cnn(C5CCN(C(=O)OC(C)(C)C)CC5)c4)nc3c2)c1. The predicted molar refractivity (Wildman–Crippen MR) is 197 cm³/mol. The van der Waals surface area contributed by atoms with Crippen LogP contribution in [0.3, 0.4) is 0 Å². The second kappa shape index (κ2) is 14.4. The Kier molecular flexibility index (Phi) is 10.6. The molecule has 1 saturated heterocycles. The fourth-order valence-corrected chi connectivity index (χ4v) is 6.62. The summed E-state index contributed by atoms with van der Waals surface area (Å²) in [6.45, 7) is 19.4. The van der Waals surface area contributed by atoms with Crippen LogP contribution in [0, 0.1) is 0 Å². The third-order valence-corrected chi connectivity index (χ3v) is 14.0. The summed E-state index contributed by atoms with van der Waals surface area (Å²) in [5, 5.41) is 4.79. The molecule has 0 radical (unpaired) electrons. The summed E-state index contributed by atoms with van der Waals surface area (Å²) in [7, 11) is 1.36. The molecule has 0 saturated carbocycles. The van der Waals surface area contributed by atoms with Crippen molar-refractivity contribution in [1.82, 2.24) is 24.6 Å². The summed E-state index contributed by atoms with van der Waals surface area (Å²) in [6, 6.07) is 12.2. The van der Waals surface area contributed by atoms with Crippen LogP contribution in [0.4, 0.5) is 16.2 Å². The molecule has 264 valence electrons. The summed E-state index contributed by atoms with van der Waals surface area (Å²) in [6.07, 6.45) is 7.01. The number of hydrogen-bond donors (Lipinski definition) is 0. The minimum Gasteiger partial charge on any atom is -0.497 e. The highest BCUT2D eigenvalue weighted by molar-refractivity contribution is 6.74. The van der Waals surface area contributed by atoms with Crippen molar-refractivity contribution in [2.45, 2.75) is 84.2 Å². The van der Waals surface area contributed by atoms with E-state index >= 15 is 0 Å². The number of benzene rings is 2. The van der Waals surface area contributed by atoms with Crippen molar-refractivity contribution < 1.29 is 23.4 Å².